The van der Waals surface area contributed by atoms with Gasteiger partial charge in [0.2, 0.25) is 5.91 Å². The molecule has 134 valence electrons. The zero-order valence-corrected chi connectivity index (χ0v) is 14.3. The Hall–Kier alpha value is -3.20. The number of nitro groups is 1. The number of benzene rings is 1. The van der Waals surface area contributed by atoms with Crippen LogP contribution in [0.25, 0.3) is 0 Å². The first-order valence-corrected chi connectivity index (χ1v) is 8.12. The lowest BCUT2D eigenvalue weighted by Gasteiger charge is -2.03. The van der Waals surface area contributed by atoms with Crippen LogP contribution in [0.5, 0.6) is 0 Å². The van der Waals surface area contributed by atoms with E-state index in [2.05, 4.69) is 15.5 Å². The van der Waals surface area contributed by atoms with Gasteiger partial charge in [-0.25, -0.2) is 0 Å². The van der Waals surface area contributed by atoms with Crippen LogP contribution in [0.3, 0.4) is 0 Å². The number of halogens is 1. The molecule has 3 rings (SSSR count). The molecule has 0 unspecified atom stereocenters. The number of amides is 1. The van der Waals surface area contributed by atoms with Crippen molar-refractivity contribution in [2.75, 3.05) is 5.32 Å². The Labute approximate surface area is 153 Å². The summed E-state index contributed by atoms with van der Waals surface area (Å²) in [6.45, 7) is 0.781. The molecule has 2 heterocycles. The van der Waals surface area contributed by atoms with Crippen molar-refractivity contribution >= 4 is 29.0 Å². The maximum Gasteiger partial charge on any atom is 0.389 e. The Balaban J connectivity index is 1.51. The van der Waals surface area contributed by atoms with Crippen LogP contribution in [-0.2, 0) is 17.9 Å². The Morgan fingerprint density at radius 3 is 2.88 bits per heavy atom. The molecule has 0 aliphatic carbocycles. The molecule has 9 nitrogen and oxygen atoms in total. The van der Waals surface area contributed by atoms with E-state index in [1.807, 2.05) is 18.2 Å². The minimum Gasteiger partial charge on any atom is -0.358 e. The van der Waals surface area contributed by atoms with E-state index >= 15 is 0 Å². The van der Waals surface area contributed by atoms with Gasteiger partial charge >= 0.3 is 5.82 Å². The minimum atomic E-state index is -0.578. The van der Waals surface area contributed by atoms with Crippen LogP contribution in [0.15, 0.2) is 48.9 Å². The van der Waals surface area contributed by atoms with E-state index in [1.165, 1.54) is 16.9 Å². The molecule has 10 heteroatoms. The summed E-state index contributed by atoms with van der Waals surface area (Å²) < 4.78 is 3.05. The van der Waals surface area contributed by atoms with Crippen LogP contribution >= 0.6 is 11.6 Å². The molecule has 1 N–H and O–H groups in total. The highest BCUT2D eigenvalue weighted by Gasteiger charge is 2.12. The smallest absolute Gasteiger partial charge is 0.358 e. The number of carbonyl (C=O) groups excluding carboxylic acids is 1. The van der Waals surface area contributed by atoms with Crippen LogP contribution in [0, 0.1) is 10.1 Å². The summed E-state index contributed by atoms with van der Waals surface area (Å²) in [7, 11) is 0. The molecular weight excluding hydrogens is 360 g/mol. The van der Waals surface area contributed by atoms with Gasteiger partial charge in [-0.3, -0.25) is 9.48 Å². The Morgan fingerprint density at radius 2 is 2.15 bits per heavy atom. The summed E-state index contributed by atoms with van der Waals surface area (Å²) in [5.41, 5.74) is 1.57. The van der Waals surface area contributed by atoms with E-state index in [-0.39, 0.29) is 24.7 Å². The maximum atomic E-state index is 12.0. The van der Waals surface area contributed by atoms with Crippen molar-refractivity contribution in [3.05, 3.63) is 69.6 Å². The molecule has 0 aliphatic rings. The SMILES string of the molecule is O=C(CCn1ccc([N+](=O)[O-])n1)Nc1cnn(Cc2cccc(Cl)c2)c1. The van der Waals surface area contributed by atoms with Crippen LogP contribution < -0.4 is 5.32 Å². The van der Waals surface area contributed by atoms with Crippen molar-refractivity contribution in [1.82, 2.24) is 19.6 Å². The highest BCUT2D eigenvalue weighted by molar-refractivity contribution is 6.30. The average molecular weight is 375 g/mol. The Kier molecular flexibility index (Phi) is 5.28. The molecule has 1 amide bonds. The molecule has 1 aromatic carbocycles. The lowest BCUT2D eigenvalue weighted by Crippen LogP contribution is -2.14. The first-order chi connectivity index (χ1) is 12.5. The monoisotopic (exact) mass is 374 g/mol. The molecule has 0 aliphatic heterocycles. The quantitative estimate of drug-likeness (QED) is 0.505. The number of aryl methyl sites for hydroxylation is 1. The van der Waals surface area contributed by atoms with Gasteiger partial charge < -0.3 is 15.4 Å². The van der Waals surface area contributed by atoms with Gasteiger partial charge in [0.1, 0.15) is 0 Å². The maximum absolute atomic E-state index is 12.0. The number of carbonyl (C=O) groups is 1. The number of hydrogen-bond acceptors (Lipinski definition) is 5. The van der Waals surface area contributed by atoms with Gasteiger partial charge in [0, 0.05) is 17.6 Å². The molecule has 0 fully saturated rings. The fraction of sp³-hybridized carbons (Fsp3) is 0.188. The summed E-state index contributed by atoms with van der Waals surface area (Å²) in [5, 5.41) is 21.9. The van der Waals surface area contributed by atoms with Crippen LogP contribution in [-0.4, -0.2) is 30.4 Å². The van der Waals surface area contributed by atoms with E-state index in [9.17, 15) is 14.9 Å². The molecular formula is C16H15ClN6O3. The van der Waals surface area contributed by atoms with E-state index in [4.69, 9.17) is 11.6 Å². The summed E-state index contributed by atoms with van der Waals surface area (Å²) >= 11 is 5.96. The first-order valence-electron chi connectivity index (χ1n) is 7.74. The third-order valence-electron chi connectivity index (χ3n) is 3.53. The lowest BCUT2D eigenvalue weighted by molar-refractivity contribution is -0.389. The third-order valence-corrected chi connectivity index (χ3v) is 3.77. The average Bonchev–Trinajstić information content (AvgIpc) is 3.23. The van der Waals surface area contributed by atoms with Crippen molar-refractivity contribution < 1.29 is 9.72 Å². The van der Waals surface area contributed by atoms with Crippen molar-refractivity contribution in [3.63, 3.8) is 0 Å². The lowest BCUT2D eigenvalue weighted by atomic mass is 10.2. The normalized spacial score (nSPS) is 10.7. The van der Waals surface area contributed by atoms with E-state index in [1.54, 1.807) is 23.1 Å². The predicted molar refractivity (Wildman–Crippen MR) is 94.9 cm³/mol. The standard InChI is InChI=1S/C16H15ClN6O3/c17-13-3-1-2-12(8-13)10-22-11-14(9-18-22)19-16(24)5-7-21-6-4-15(20-21)23(25)26/h1-4,6,8-9,11H,5,7,10H2,(H,19,24). The number of nitrogens with zero attached hydrogens (tertiary/aromatic N) is 5. The van der Waals surface area contributed by atoms with Crippen LogP contribution in [0.4, 0.5) is 11.5 Å². The highest BCUT2D eigenvalue weighted by Crippen LogP contribution is 2.13. The summed E-state index contributed by atoms with van der Waals surface area (Å²) in [6, 6.07) is 8.75. The Bertz CT molecular complexity index is 935. The van der Waals surface area contributed by atoms with Gasteiger partial charge in [-0.2, -0.15) is 9.78 Å². The molecule has 0 saturated heterocycles. The molecule has 0 atom stereocenters. The summed E-state index contributed by atoms with van der Waals surface area (Å²) in [6.07, 6.45) is 4.88. The molecule has 0 spiro atoms. The largest absolute Gasteiger partial charge is 0.389 e. The highest BCUT2D eigenvalue weighted by atomic mass is 35.5. The molecule has 0 bridgehead atoms. The zero-order valence-electron chi connectivity index (χ0n) is 13.6. The van der Waals surface area contributed by atoms with Crippen molar-refractivity contribution in [2.24, 2.45) is 0 Å². The van der Waals surface area contributed by atoms with Crippen LogP contribution in [0.1, 0.15) is 12.0 Å². The number of nitrogens with one attached hydrogen (secondary N) is 1. The second-order valence-corrected chi connectivity index (χ2v) is 5.99. The topological polar surface area (TPSA) is 108 Å². The second kappa shape index (κ2) is 7.79. The minimum absolute atomic E-state index is 0.137. The third kappa shape index (κ3) is 4.67. The van der Waals surface area contributed by atoms with Crippen molar-refractivity contribution in [2.45, 2.75) is 19.5 Å². The number of rotatable bonds is 7. The predicted octanol–water partition coefficient (Wildman–Crippen LogP) is 2.72. The molecule has 0 saturated carbocycles. The second-order valence-electron chi connectivity index (χ2n) is 5.55. The van der Waals surface area contributed by atoms with Gasteiger partial charge in [0.15, 0.2) is 0 Å². The van der Waals surface area contributed by atoms with Gasteiger partial charge in [0.05, 0.1) is 42.3 Å². The summed E-state index contributed by atoms with van der Waals surface area (Å²) in [4.78, 5) is 22.0. The molecule has 3 aromatic rings. The summed E-state index contributed by atoms with van der Waals surface area (Å²) in [5.74, 6) is -0.474. The first kappa shape index (κ1) is 17.6. The molecule has 2 aromatic heterocycles. The fourth-order valence-electron chi connectivity index (χ4n) is 2.35. The van der Waals surface area contributed by atoms with Crippen LogP contribution in [0.2, 0.25) is 5.02 Å². The van der Waals surface area contributed by atoms with Gasteiger partial charge in [-0.1, -0.05) is 23.7 Å². The van der Waals surface area contributed by atoms with E-state index < -0.39 is 4.92 Å². The van der Waals surface area contributed by atoms with Gasteiger partial charge in [-0.05, 0) is 22.6 Å². The van der Waals surface area contributed by atoms with Crippen molar-refractivity contribution in [1.29, 1.82) is 0 Å². The van der Waals surface area contributed by atoms with E-state index in [0.29, 0.717) is 17.3 Å². The van der Waals surface area contributed by atoms with Gasteiger partial charge in [0.25, 0.3) is 0 Å². The number of hydrogen-bond donors (Lipinski definition) is 1. The van der Waals surface area contributed by atoms with Crippen molar-refractivity contribution in [3.8, 4) is 0 Å². The molecule has 26 heavy (non-hydrogen) atoms. The van der Waals surface area contributed by atoms with E-state index in [0.717, 1.165) is 5.56 Å². The molecule has 0 radical (unpaired) electrons. The van der Waals surface area contributed by atoms with Gasteiger partial charge in [-0.15, -0.1) is 0 Å². The number of aromatic nitrogens is 4. The Morgan fingerprint density at radius 1 is 1.31 bits per heavy atom. The number of anilines is 1. The fourth-order valence-corrected chi connectivity index (χ4v) is 2.56. The zero-order chi connectivity index (χ0) is 18.5.